The zero-order valence-corrected chi connectivity index (χ0v) is 12.5. The molecule has 0 fully saturated rings. The molecule has 1 aliphatic heterocycles. The molecule has 0 bridgehead atoms. The minimum atomic E-state index is -1.10. The molecule has 1 aliphatic rings. The third kappa shape index (κ3) is 2.58. The van der Waals surface area contributed by atoms with Crippen molar-refractivity contribution >= 4 is 23.2 Å². The molecule has 0 radical (unpaired) electrons. The minimum absolute atomic E-state index is 0.0377. The van der Waals surface area contributed by atoms with Crippen LogP contribution in [0.1, 0.15) is 35.9 Å². The van der Waals surface area contributed by atoms with Crippen molar-refractivity contribution in [1.29, 1.82) is 0 Å². The summed E-state index contributed by atoms with van der Waals surface area (Å²) < 4.78 is 32.2. The van der Waals surface area contributed by atoms with Crippen LogP contribution in [0.4, 0.5) is 20.2 Å². The second kappa shape index (κ2) is 5.49. The van der Waals surface area contributed by atoms with Gasteiger partial charge in [-0.2, -0.15) is 0 Å². The normalized spacial score (nSPS) is 14.0. The Kier molecular flexibility index (Phi) is 3.63. The van der Waals surface area contributed by atoms with Gasteiger partial charge in [0.2, 0.25) is 5.91 Å². The van der Waals surface area contributed by atoms with Crippen LogP contribution in [0.15, 0.2) is 28.9 Å². The summed E-state index contributed by atoms with van der Waals surface area (Å²) in [6.45, 7) is 3.50. The fraction of sp³-hybridized carbons (Fsp3) is 0.250. The van der Waals surface area contributed by atoms with Gasteiger partial charge in [-0.1, -0.05) is 13.8 Å². The maximum Gasteiger partial charge on any atom is 0.294 e. The Bertz CT molecular complexity index is 799. The number of halogens is 2. The van der Waals surface area contributed by atoms with Crippen molar-refractivity contribution in [2.45, 2.75) is 19.8 Å². The molecule has 0 saturated carbocycles. The highest BCUT2D eigenvalue weighted by molar-refractivity contribution is 6.14. The second-order valence-electron chi connectivity index (χ2n) is 5.58. The molecular weight excluding hydrogens is 306 g/mol. The second-order valence-corrected chi connectivity index (χ2v) is 5.58. The number of carbonyl (C=O) groups excluding carboxylic acids is 2. The number of rotatable bonds is 2. The van der Waals surface area contributed by atoms with Crippen LogP contribution in [-0.2, 0) is 4.79 Å². The van der Waals surface area contributed by atoms with Gasteiger partial charge >= 0.3 is 0 Å². The Labute approximate surface area is 130 Å². The number of hydrogen-bond acceptors (Lipinski definition) is 3. The number of amides is 2. The number of anilines is 2. The van der Waals surface area contributed by atoms with Crippen LogP contribution >= 0.6 is 0 Å². The van der Waals surface area contributed by atoms with E-state index in [4.69, 9.17) is 4.42 Å². The first-order valence-electron chi connectivity index (χ1n) is 7.06. The first-order chi connectivity index (χ1) is 10.9. The van der Waals surface area contributed by atoms with E-state index < -0.39 is 23.4 Å². The molecule has 1 N–H and O–H groups in total. The Morgan fingerprint density at radius 3 is 2.70 bits per heavy atom. The summed E-state index contributed by atoms with van der Waals surface area (Å²) in [7, 11) is 0. The van der Waals surface area contributed by atoms with Gasteiger partial charge in [0.25, 0.3) is 5.91 Å². The molecule has 2 heterocycles. The van der Waals surface area contributed by atoms with Crippen LogP contribution in [0.25, 0.3) is 0 Å². The van der Waals surface area contributed by atoms with Crippen molar-refractivity contribution < 1.29 is 22.8 Å². The van der Waals surface area contributed by atoms with E-state index in [0.29, 0.717) is 5.56 Å². The summed E-state index contributed by atoms with van der Waals surface area (Å²) in [6, 6.07) is 3.42. The minimum Gasteiger partial charge on any atom is -0.459 e. The van der Waals surface area contributed by atoms with Crippen LogP contribution in [0.2, 0.25) is 0 Å². The summed E-state index contributed by atoms with van der Waals surface area (Å²) in [5.41, 5.74) is 0.830. The van der Waals surface area contributed by atoms with E-state index in [1.807, 2.05) is 13.8 Å². The van der Waals surface area contributed by atoms with Crippen molar-refractivity contribution in [1.82, 2.24) is 0 Å². The van der Waals surface area contributed by atoms with Gasteiger partial charge in [0.15, 0.2) is 17.4 Å². The average molecular weight is 320 g/mol. The Balaban J connectivity index is 2.07. The number of fused-ring (bicyclic) bond motifs is 1. The fourth-order valence-electron chi connectivity index (χ4n) is 2.53. The van der Waals surface area contributed by atoms with Crippen LogP contribution in [-0.4, -0.2) is 18.4 Å². The van der Waals surface area contributed by atoms with E-state index in [9.17, 15) is 18.4 Å². The number of carbonyl (C=O) groups is 2. The monoisotopic (exact) mass is 320 g/mol. The quantitative estimate of drug-likeness (QED) is 0.923. The van der Waals surface area contributed by atoms with Gasteiger partial charge < -0.3 is 9.73 Å². The largest absolute Gasteiger partial charge is 0.459 e. The molecule has 0 atom stereocenters. The highest BCUT2D eigenvalue weighted by atomic mass is 19.2. The van der Waals surface area contributed by atoms with Crippen LogP contribution in [0, 0.1) is 11.6 Å². The number of furan rings is 1. The van der Waals surface area contributed by atoms with Gasteiger partial charge in [0, 0.05) is 17.7 Å². The van der Waals surface area contributed by atoms with E-state index >= 15 is 0 Å². The van der Waals surface area contributed by atoms with Gasteiger partial charge in [0.1, 0.15) is 6.54 Å². The van der Waals surface area contributed by atoms with Crippen LogP contribution in [0.3, 0.4) is 0 Å². The van der Waals surface area contributed by atoms with Gasteiger partial charge in [-0.15, -0.1) is 0 Å². The average Bonchev–Trinajstić information content (AvgIpc) is 2.97. The number of benzene rings is 1. The molecular formula is C16H14F2N2O3. The molecule has 0 saturated heterocycles. The van der Waals surface area contributed by atoms with Gasteiger partial charge in [-0.05, 0) is 12.0 Å². The summed E-state index contributed by atoms with van der Waals surface area (Å²) in [5.74, 6) is -3.13. The highest BCUT2D eigenvalue weighted by Crippen LogP contribution is 2.33. The van der Waals surface area contributed by atoms with Crippen LogP contribution in [0.5, 0.6) is 0 Å². The van der Waals surface area contributed by atoms with Crippen LogP contribution < -0.4 is 10.2 Å². The van der Waals surface area contributed by atoms with Crippen molar-refractivity contribution in [2.75, 3.05) is 16.8 Å². The predicted octanol–water partition coefficient (Wildman–Crippen LogP) is 3.28. The number of nitrogens with one attached hydrogen (secondary N) is 1. The van der Waals surface area contributed by atoms with Crippen molar-refractivity contribution in [3.05, 3.63) is 47.4 Å². The molecule has 0 aliphatic carbocycles. The van der Waals surface area contributed by atoms with E-state index in [1.165, 1.54) is 6.26 Å². The Morgan fingerprint density at radius 1 is 1.30 bits per heavy atom. The topological polar surface area (TPSA) is 62.6 Å². The first-order valence-corrected chi connectivity index (χ1v) is 7.06. The lowest BCUT2D eigenvalue weighted by Crippen LogP contribution is -2.42. The summed E-state index contributed by atoms with van der Waals surface area (Å²) >= 11 is 0. The van der Waals surface area contributed by atoms with E-state index in [0.717, 1.165) is 17.0 Å². The summed E-state index contributed by atoms with van der Waals surface area (Å²) in [6.07, 6.45) is 1.39. The van der Waals surface area contributed by atoms with Gasteiger partial charge in [-0.3, -0.25) is 14.5 Å². The van der Waals surface area contributed by atoms with Gasteiger partial charge in [-0.25, -0.2) is 8.78 Å². The van der Waals surface area contributed by atoms with E-state index in [-0.39, 0.29) is 29.6 Å². The lowest BCUT2D eigenvalue weighted by atomic mass is 10.0. The lowest BCUT2D eigenvalue weighted by Gasteiger charge is -2.29. The highest BCUT2D eigenvalue weighted by Gasteiger charge is 2.32. The smallest absolute Gasteiger partial charge is 0.294 e. The number of nitrogens with zero attached hydrogens (tertiary/aromatic N) is 1. The fourth-order valence-corrected chi connectivity index (χ4v) is 2.53. The third-order valence-electron chi connectivity index (χ3n) is 3.66. The zero-order chi connectivity index (χ0) is 16.7. The molecule has 0 unspecified atom stereocenters. The van der Waals surface area contributed by atoms with Gasteiger partial charge in [0.05, 0.1) is 17.6 Å². The summed E-state index contributed by atoms with van der Waals surface area (Å²) in [4.78, 5) is 25.6. The summed E-state index contributed by atoms with van der Waals surface area (Å²) in [5, 5.41) is 2.43. The molecule has 2 amide bonds. The Hall–Kier alpha value is -2.70. The van der Waals surface area contributed by atoms with E-state index in [2.05, 4.69) is 5.32 Å². The standard InChI is InChI=1S/C16H14F2N2O3/c1-8(2)9-3-4-23-15(9)16(22)20-7-14(21)19-12-5-10(17)11(18)6-13(12)20/h3-6,8H,7H2,1-2H3,(H,19,21). The Morgan fingerprint density at radius 2 is 2.00 bits per heavy atom. The molecule has 23 heavy (non-hydrogen) atoms. The molecule has 1 aromatic carbocycles. The third-order valence-corrected chi connectivity index (χ3v) is 3.66. The molecule has 5 nitrogen and oxygen atoms in total. The first kappa shape index (κ1) is 15.2. The predicted molar refractivity (Wildman–Crippen MR) is 79.5 cm³/mol. The maximum absolute atomic E-state index is 13.5. The maximum atomic E-state index is 13.5. The molecule has 0 spiro atoms. The molecule has 2 aromatic rings. The lowest BCUT2D eigenvalue weighted by molar-refractivity contribution is -0.115. The molecule has 7 heteroatoms. The SMILES string of the molecule is CC(C)c1ccoc1C(=O)N1CC(=O)Nc2cc(F)c(F)cc21. The molecule has 1 aromatic heterocycles. The molecule has 3 rings (SSSR count). The van der Waals surface area contributed by atoms with Crippen molar-refractivity contribution in [3.8, 4) is 0 Å². The zero-order valence-electron chi connectivity index (χ0n) is 12.5. The van der Waals surface area contributed by atoms with E-state index in [1.54, 1.807) is 6.07 Å². The van der Waals surface area contributed by atoms with Crippen molar-refractivity contribution in [3.63, 3.8) is 0 Å². The number of hydrogen-bond donors (Lipinski definition) is 1. The molecule has 120 valence electrons. The van der Waals surface area contributed by atoms with Crippen molar-refractivity contribution in [2.24, 2.45) is 0 Å².